The standard InChI is InChI=1S/C11H15ClFNO2S/c1-2-16-8(6-14)7-17(15)9-3-4-11(13)10(12)5-9/h3-5,8H,2,6-7,14H2,1H3. The van der Waals surface area contributed by atoms with Crippen LogP contribution in [0.4, 0.5) is 4.39 Å². The van der Waals surface area contributed by atoms with Crippen LogP contribution < -0.4 is 5.73 Å². The van der Waals surface area contributed by atoms with Gasteiger partial charge in [0, 0.05) is 18.0 Å². The Labute approximate surface area is 108 Å². The van der Waals surface area contributed by atoms with Crippen LogP contribution in [0.2, 0.25) is 5.02 Å². The van der Waals surface area contributed by atoms with E-state index in [1.54, 1.807) is 0 Å². The molecular weight excluding hydrogens is 265 g/mol. The van der Waals surface area contributed by atoms with Crippen LogP contribution in [0.25, 0.3) is 0 Å². The lowest BCUT2D eigenvalue weighted by atomic mass is 10.3. The summed E-state index contributed by atoms with van der Waals surface area (Å²) in [7, 11) is -1.29. The van der Waals surface area contributed by atoms with Gasteiger partial charge in [-0.2, -0.15) is 0 Å². The smallest absolute Gasteiger partial charge is 0.141 e. The summed E-state index contributed by atoms with van der Waals surface area (Å²) in [6, 6.07) is 4.02. The van der Waals surface area contributed by atoms with E-state index in [1.807, 2.05) is 6.92 Å². The molecule has 0 aliphatic rings. The zero-order chi connectivity index (χ0) is 12.8. The van der Waals surface area contributed by atoms with E-state index >= 15 is 0 Å². The maximum Gasteiger partial charge on any atom is 0.141 e. The fraction of sp³-hybridized carbons (Fsp3) is 0.455. The van der Waals surface area contributed by atoms with E-state index < -0.39 is 16.6 Å². The molecular formula is C11H15ClFNO2S. The van der Waals surface area contributed by atoms with E-state index in [9.17, 15) is 8.60 Å². The van der Waals surface area contributed by atoms with Crippen molar-refractivity contribution in [1.29, 1.82) is 0 Å². The summed E-state index contributed by atoms with van der Waals surface area (Å²) in [6.07, 6.45) is -0.260. The summed E-state index contributed by atoms with van der Waals surface area (Å²) in [5.74, 6) is -0.237. The molecule has 0 aliphatic heterocycles. The third kappa shape index (κ3) is 4.35. The Morgan fingerprint density at radius 3 is 2.82 bits per heavy atom. The zero-order valence-corrected chi connectivity index (χ0v) is 11.1. The number of nitrogens with two attached hydrogens (primary N) is 1. The van der Waals surface area contributed by atoms with Gasteiger partial charge in [0.2, 0.25) is 0 Å². The predicted octanol–water partition coefficient (Wildman–Crippen LogP) is 1.95. The second-order valence-corrected chi connectivity index (χ2v) is 5.30. The predicted molar refractivity (Wildman–Crippen MR) is 67.2 cm³/mol. The van der Waals surface area contributed by atoms with E-state index in [2.05, 4.69) is 0 Å². The largest absolute Gasteiger partial charge is 0.376 e. The third-order valence-electron chi connectivity index (χ3n) is 2.16. The molecule has 0 bridgehead atoms. The van der Waals surface area contributed by atoms with Gasteiger partial charge in [0.25, 0.3) is 0 Å². The first kappa shape index (κ1) is 14.6. The van der Waals surface area contributed by atoms with Crippen LogP contribution >= 0.6 is 11.6 Å². The van der Waals surface area contributed by atoms with Crippen LogP contribution in [0, 0.1) is 5.82 Å². The highest BCUT2D eigenvalue weighted by atomic mass is 35.5. The molecule has 3 nitrogen and oxygen atoms in total. The third-order valence-corrected chi connectivity index (χ3v) is 3.90. The van der Waals surface area contributed by atoms with Gasteiger partial charge in [-0.3, -0.25) is 4.21 Å². The average Bonchev–Trinajstić information content (AvgIpc) is 2.31. The van der Waals surface area contributed by atoms with Crippen molar-refractivity contribution in [1.82, 2.24) is 0 Å². The van der Waals surface area contributed by atoms with Gasteiger partial charge in [0.05, 0.1) is 27.7 Å². The minimum atomic E-state index is -1.29. The summed E-state index contributed by atoms with van der Waals surface area (Å²) in [4.78, 5) is 0.481. The van der Waals surface area contributed by atoms with Gasteiger partial charge in [-0.05, 0) is 25.1 Å². The molecule has 1 aromatic rings. The Morgan fingerprint density at radius 1 is 1.59 bits per heavy atom. The van der Waals surface area contributed by atoms with Crippen LogP contribution in [0.3, 0.4) is 0 Å². The average molecular weight is 280 g/mol. The van der Waals surface area contributed by atoms with Gasteiger partial charge in [-0.25, -0.2) is 4.39 Å². The van der Waals surface area contributed by atoms with Crippen LogP contribution in [0.15, 0.2) is 23.1 Å². The Hall–Kier alpha value is -0.490. The molecule has 96 valence electrons. The normalized spacial score (nSPS) is 14.6. The lowest BCUT2D eigenvalue weighted by Gasteiger charge is -2.14. The number of benzene rings is 1. The quantitative estimate of drug-likeness (QED) is 0.866. The van der Waals surface area contributed by atoms with Gasteiger partial charge in [0.1, 0.15) is 5.82 Å². The molecule has 1 aromatic carbocycles. The summed E-state index contributed by atoms with van der Waals surface area (Å²) >= 11 is 5.62. The van der Waals surface area contributed by atoms with Crippen LogP contribution in [0.1, 0.15) is 6.92 Å². The highest BCUT2D eigenvalue weighted by Gasteiger charge is 2.14. The molecule has 0 amide bonds. The van der Waals surface area contributed by atoms with Crippen LogP contribution in [-0.2, 0) is 15.5 Å². The van der Waals surface area contributed by atoms with E-state index in [-0.39, 0.29) is 16.9 Å². The van der Waals surface area contributed by atoms with E-state index in [0.29, 0.717) is 18.0 Å². The second kappa shape index (κ2) is 7.06. The molecule has 2 atom stereocenters. The Morgan fingerprint density at radius 2 is 2.29 bits per heavy atom. The first-order chi connectivity index (χ1) is 8.08. The van der Waals surface area contributed by atoms with Crippen molar-refractivity contribution in [3.63, 3.8) is 0 Å². The maximum atomic E-state index is 12.9. The van der Waals surface area contributed by atoms with Crippen molar-refractivity contribution in [2.45, 2.75) is 17.9 Å². The summed E-state index contributed by atoms with van der Waals surface area (Å²) in [6.45, 7) is 2.66. The molecule has 1 rings (SSSR count). The summed E-state index contributed by atoms with van der Waals surface area (Å²) < 4.78 is 30.2. The van der Waals surface area contributed by atoms with Gasteiger partial charge >= 0.3 is 0 Å². The lowest BCUT2D eigenvalue weighted by Crippen LogP contribution is -2.29. The molecule has 17 heavy (non-hydrogen) atoms. The number of hydrogen-bond donors (Lipinski definition) is 1. The molecule has 0 fully saturated rings. The molecule has 0 saturated carbocycles. The van der Waals surface area contributed by atoms with Gasteiger partial charge in [-0.15, -0.1) is 0 Å². The molecule has 0 radical (unpaired) electrons. The first-order valence-corrected chi connectivity index (χ1v) is 6.93. The topological polar surface area (TPSA) is 52.3 Å². The molecule has 0 aromatic heterocycles. The maximum absolute atomic E-state index is 12.9. The number of ether oxygens (including phenoxy) is 1. The second-order valence-electron chi connectivity index (χ2n) is 3.40. The van der Waals surface area contributed by atoms with Crippen LogP contribution in [0.5, 0.6) is 0 Å². The molecule has 0 aliphatic carbocycles. The summed E-state index contributed by atoms with van der Waals surface area (Å²) in [5, 5.41) is -0.0310. The molecule has 0 heterocycles. The van der Waals surface area contributed by atoms with Gasteiger partial charge in [0.15, 0.2) is 0 Å². The highest BCUT2D eigenvalue weighted by Crippen LogP contribution is 2.19. The Bertz CT molecular complexity index is 403. The number of rotatable bonds is 6. The molecule has 6 heteroatoms. The Balaban J connectivity index is 2.72. The van der Waals surface area contributed by atoms with Crippen molar-refractivity contribution in [2.24, 2.45) is 5.73 Å². The SMILES string of the molecule is CCOC(CN)CS(=O)c1ccc(F)c(Cl)c1. The monoisotopic (exact) mass is 279 g/mol. The van der Waals surface area contributed by atoms with E-state index in [4.69, 9.17) is 22.1 Å². The number of halogens is 2. The van der Waals surface area contributed by atoms with Crippen molar-refractivity contribution >= 4 is 22.4 Å². The molecule has 2 unspecified atom stereocenters. The van der Waals surface area contributed by atoms with Crippen molar-refractivity contribution < 1.29 is 13.3 Å². The van der Waals surface area contributed by atoms with Crippen LogP contribution in [-0.4, -0.2) is 29.2 Å². The summed E-state index contributed by atoms with van der Waals surface area (Å²) in [5.41, 5.74) is 5.49. The zero-order valence-electron chi connectivity index (χ0n) is 9.49. The lowest BCUT2D eigenvalue weighted by molar-refractivity contribution is 0.0852. The molecule has 0 spiro atoms. The first-order valence-electron chi connectivity index (χ1n) is 5.23. The number of hydrogen-bond acceptors (Lipinski definition) is 3. The van der Waals surface area contributed by atoms with Crippen molar-refractivity contribution in [3.05, 3.63) is 29.0 Å². The fourth-order valence-electron chi connectivity index (χ4n) is 1.30. The Kier molecular flexibility index (Phi) is 6.05. The van der Waals surface area contributed by atoms with Crippen molar-refractivity contribution in [3.8, 4) is 0 Å². The molecule has 0 saturated heterocycles. The van der Waals surface area contributed by atoms with E-state index in [1.165, 1.54) is 18.2 Å². The van der Waals surface area contributed by atoms with Crippen molar-refractivity contribution in [2.75, 3.05) is 18.9 Å². The minimum absolute atomic E-state index is 0.0310. The molecule has 2 N–H and O–H groups in total. The van der Waals surface area contributed by atoms with E-state index in [0.717, 1.165) is 0 Å². The van der Waals surface area contributed by atoms with Gasteiger partial charge < -0.3 is 10.5 Å². The fourth-order valence-corrected chi connectivity index (χ4v) is 2.78. The van der Waals surface area contributed by atoms with Gasteiger partial charge in [-0.1, -0.05) is 11.6 Å². The minimum Gasteiger partial charge on any atom is -0.376 e. The highest BCUT2D eigenvalue weighted by molar-refractivity contribution is 7.85.